The fourth-order valence-electron chi connectivity index (χ4n) is 5.66. The second-order valence-electron chi connectivity index (χ2n) is 11.7. The van der Waals surface area contributed by atoms with Gasteiger partial charge in [0, 0.05) is 0 Å². The average molecular weight is 479 g/mol. The molecule has 0 aliphatic heterocycles. The van der Waals surface area contributed by atoms with E-state index in [1.54, 1.807) is 0 Å². The van der Waals surface area contributed by atoms with Gasteiger partial charge in [0.2, 0.25) is 0 Å². The van der Waals surface area contributed by atoms with Gasteiger partial charge in [-0.1, -0.05) is 213 Å². The van der Waals surface area contributed by atoms with Crippen molar-refractivity contribution in [2.45, 2.75) is 213 Å². The predicted octanol–water partition coefficient (Wildman–Crippen LogP) is 13.4. The smallest absolute Gasteiger partial charge is 0.0414 e. The first-order chi connectivity index (χ1) is 16.8. The largest absolute Gasteiger partial charge is 0.0654 e. The monoisotopic (exact) mass is 479 g/mol. The van der Waals surface area contributed by atoms with Crippen LogP contribution in [-0.4, -0.2) is 0 Å². The molecular formula is C34H70. The molecule has 0 amide bonds. The molecule has 206 valence electrons. The molecule has 0 saturated carbocycles. The van der Waals surface area contributed by atoms with Crippen molar-refractivity contribution in [2.24, 2.45) is 5.92 Å². The Bertz CT molecular complexity index is 333. The number of rotatable bonds is 30. The molecular weight excluding hydrogens is 408 g/mol. The third-order valence-electron chi connectivity index (χ3n) is 8.15. The normalized spacial score (nSPS) is 12.4. The molecule has 0 spiro atoms. The average Bonchev–Trinajstić information content (AvgIpc) is 2.85. The summed E-state index contributed by atoms with van der Waals surface area (Å²) in [5.74, 6) is 1.04. The van der Waals surface area contributed by atoms with Crippen LogP contribution in [0.15, 0.2) is 0 Å². The number of unbranched alkanes of at least 4 members (excludes halogenated alkanes) is 24. The summed E-state index contributed by atoms with van der Waals surface area (Å²) in [5.41, 5.74) is 0. The summed E-state index contributed by atoms with van der Waals surface area (Å²) < 4.78 is 0. The standard InChI is InChI=1S/C34H70/c1-4-7-10-13-16-17-18-19-20-21-22-24-27-30-33-34(31-28-25-15-12-9-6-3)32-29-26-23-14-11-8-5-2/h34H,4-33H2,1-3H3. The van der Waals surface area contributed by atoms with Crippen LogP contribution in [0.5, 0.6) is 0 Å². The maximum Gasteiger partial charge on any atom is -0.0414 e. The lowest BCUT2D eigenvalue weighted by Gasteiger charge is -2.17. The molecule has 0 heterocycles. The maximum atomic E-state index is 2.33. The topological polar surface area (TPSA) is 0 Å². The second-order valence-corrected chi connectivity index (χ2v) is 11.7. The predicted molar refractivity (Wildman–Crippen MR) is 159 cm³/mol. The van der Waals surface area contributed by atoms with Crippen molar-refractivity contribution in [3.05, 3.63) is 0 Å². The molecule has 0 nitrogen and oxygen atoms in total. The highest BCUT2D eigenvalue weighted by Gasteiger charge is 2.08. The van der Waals surface area contributed by atoms with E-state index in [1.165, 1.54) is 193 Å². The van der Waals surface area contributed by atoms with Crippen LogP contribution in [0.4, 0.5) is 0 Å². The number of hydrogen-bond donors (Lipinski definition) is 0. The Morgan fingerprint density at radius 1 is 0.235 bits per heavy atom. The molecule has 34 heavy (non-hydrogen) atoms. The number of hydrogen-bond acceptors (Lipinski definition) is 0. The van der Waals surface area contributed by atoms with Crippen molar-refractivity contribution in [1.82, 2.24) is 0 Å². The first kappa shape index (κ1) is 34.0. The van der Waals surface area contributed by atoms with Crippen LogP contribution in [0.1, 0.15) is 213 Å². The fraction of sp³-hybridized carbons (Fsp3) is 1.00. The Kier molecular flexibility index (Phi) is 31.0. The van der Waals surface area contributed by atoms with E-state index in [1.807, 2.05) is 0 Å². The molecule has 0 aliphatic rings. The van der Waals surface area contributed by atoms with Crippen LogP contribution in [0.25, 0.3) is 0 Å². The van der Waals surface area contributed by atoms with E-state index in [0.29, 0.717) is 0 Å². The van der Waals surface area contributed by atoms with E-state index in [2.05, 4.69) is 20.8 Å². The molecule has 0 radical (unpaired) electrons. The summed E-state index contributed by atoms with van der Waals surface area (Å²) in [6, 6.07) is 0. The van der Waals surface area contributed by atoms with Crippen LogP contribution in [0.3, 0.4) is 0 Å². The molecule has 0 N–H and O–H groups in total. The molecule has 0 aromatic carbocycles. The van der Waals surface area contributed by atoms with E-state index in [0.717, 1.165) is 5.92 Å². The third-order valence-corrected chi connectivity index (χ3v) is 8.15. The van der Waals surface area contributed by atoms with Gasteiger partial charge in [-0.25, -0.2) is 0 Å². The summed E-state index contributed by atoms with van der Waals surface area (Å²) >= 11 is 0. The first-order valence-corrected chi connectivity index (χ1v) is 16.8. The second kappa shape index (κ2) is 31.0. The third kappa shape index (κ3) is 28.2. The lowest BCUT2D eigenvalue weighted by Crippen LogP contribution is -2.01. The molecule has 1 unspecified atom stereocenters. The first-order valence-electron chi connectivity index (χ1n) is 16.8. The molecule has 0 fully saturated rings. The Morgan fingerprint density at radius 2 is 0.412 bits per heavy atom. The van der Waals surface area contributed by atoms with Gasteiger partial charge in [0.1, 0.15) is 0 Å². The van der Waals surface area contributed by atoms with Crippen LogP contribution in [0.2, 0.25) is 0 Å². The fourth-order valence-corrected chi connectivity index (χ4v) is 5.66. The minimum absolute atomic E-state index is 1.04. The van der Waals surface area contributed by atoms with Gasteiger partial charge < -0.3 is 0 Å². The lowest BCUT2D eigenvalue weighted by molar-refractivity contribution is 0.365. The molecule has 0 aromatic rings. The molecule has 0 heteroatoms. The Hall–Kier alpha value is 0. The minimum atomic E-state index is 1.04. The zero-order valence-corrected chi connectivity index (χ0v) is 24.8. The molecule has 0 rings (SSSR count). The van der Waals surface area contributed by atoms with Gasteiger partial charge in [-0.05, 0) is 5.92 Å². The van der Waals surface area contributed by atoms with E-state index >= 15 is 0 Å². The van der Waals surface area contributed by atoms with Gasteiger partial charge in [0.25, 0.3) is 0 Å². The van der Waals surface area contributed by atoms with Crippen molar-refractivity contribution in [1.29, 1.82) is 0 Å². The van der Waals surface area contributed by atoms with E-state index in [4.69, 9.17) is 0 Å². The molecule has 0 saturated heterocycles. The van der Waals surface area contributed by atoms with Crippen molar-refractivity contribution < 1.29 is 0 Å². The zero-order valence-electron chi connectivity index (χ0n) is 24.8. The van der Waals surface area contributed by atoms with Crippen LogP contribution >= 0.6 is 0 Å². The van der Waals surface area contributed by atoms with Crippen molar-refractivity contribution in [3.63, 3.8) is 0 Å². The van der Waals surface area contributed by atoms with Crippen LogP contribution < -0.4 is 0 Å². The molecule has 0 aliphatic carbocycles. The molecule has 0 aromatic heterocycles. The summed E-state index contributed by atoms with van der Waals surface area (Å²) in [6.07, 6.45) is 44.3. The summed E-state index contributed by atoms with van der Waals surface area (Å²) in [5, 5.41) is 0. The van der Waals surface area contributed by atoms with Gasteiger partial charge in [-0.15, -0.1) is 0 Å². The SMILES string of the molecule is CCCCCCCCCCCCCCCCC(CCCCCCCC)CCCCCCCCC. The highest BCUT2D eigenvalue weighted by Crippen LogP contribution is 2.25. The Morgan fingerprint density at radius 3 is 0.618 bits per heavy atom. The van der Waals surface area contributed by atoms with Crippen molar-refractivity contribution in [2.75, 3.05) is 0 Å². The lowest BCUT2D eigenvalue weighted by atomic mass is 9.89. The highest BCUT2D eigenvalue weighted by molar-refractivity contribution is 4.62. The van der Waals surface area contributed by atoms with E-state index < -0.39 is 0 Å². The Balaban J connectivity index is 3.70. The van der Waals surface area contributed by atoms with Crippen molar-refractivity contribution in [3.8, 4) is 0 Å². The van der Waals surface area contributed by atoms with Gasteiger partial charge >= 0.3 is 0 Å². The quantitative estimate of drug-likeness (QED) is 0.0900. The minimum Gasteiger partial charge on any atom is -0.0654 e. The molecule has 1 atom stereocenters. The molecule has 0 bridgehead atoms. The maximum absolute atomic E-state index is 2.33. The van der Waals surface area contributed by atoms with Gasteiger partial charge in [-0.2, -0.15) is 0 Å². The summed E-state index contributed by atoms with van der Waals surface area (Å²) in [7, 11) is 0. The van der Waals surface area contributed by atoms with E-state index in [9.17, 15) is 0 Å². The van der Waals surface area contributed by atoms with E-state index in [-0.39, 0.29) is 0 Å². The van der Waals surface area contributed by atoms with Crippen LogP contribution in [0, 0.1) is 5.92 Å². The highest BCUT2D eigenvalue weighted by atomic mass is 14.1. The van der Waals surface area contributed by atoms with Gasteiger partial charge in [0.15, 0.2) is 0 Å². The van der Waals surface area contributed by atoms with Gasteiger partial charge in [0.05, 0.1) is 0 Å². The van der Waals surface area contributed by atoms with Gasteiger partial charge in [-0.3, -0.25) is 0 Å². The summed E-state index contributed by atoms with van der Waals surface area (Å²) in [4.78, 5) is 0. The van der Waals surface area contributed by atoms with Crippen LogP contribution in [-0.2, 0) is 0 Å². The Labute approximate surface area is 219 Å². The zero-order chi connectivity index (χ0) is 24.8. The van der Waals surface area contributed by atoms with Crippen molar-refractivity contribution >= 4 is 0 Å². The summed E-state index contributed by atoms with van der Waals surface area (Å²) in [6.45, 7) is 6.96.